The summed E-state index contributed by atoms with van der Waals surface area (Å²) < 4.78 is 11.8. The summed E-state index contributed by atoms with van der Waals surface area (Å²) in [5, 5.41) is 21.4. The van der Waals surface area contributed by atoms with Crippen molar-refractivity contribution in [1.82, 2.24) is 10.3 Å². The molecule has 1 saturated carbocycles. The quantitative estimate of drug-likeness (QED) is 0.341. The van der Waals surface area contributed by atoms with Crippen LogP contribution < -0.4 is 10.1 Å². The largest absolute Gasteiger partial charge is 0.496 e. The fraction of sp³-hybridized carbons (Fsp3) is 0.500. The molecule has 35 heavy (non-hydrogen) atoms. The minimum Gasteiger partial charge on any atom is -0.496 e. The van der Waals surface area contributed by atoms with Crippen LogP contribution in [0.2, 0.25) is 0 Å². The third kappa shape index (κ3) is 7.62. The molecule has 3 N–H and O–H groups in total. The van der Waals surface area contributed by atoms with Gasteiger partial charge in [0, 0.05) is 42.6 Å². The number of carboxylic acids is 2. The molecule has 2 aliphatic rings. The van der Waals surface area contributed by atoms with Gasteiger partial charge in [0.15, 0.2) is 0 Å². The average molecular weight is 503 g/mol. The molecule has 2 aromatic heterocycles. The van der Waals surface area contributed by atoms with Gasteiger partial charge >= 0.3 is 11.9 Å². The lowest BCUT2D eigenvalue weighted by Gasteiger charge is -2.46. The number of rotatable bonds is 9. The molecule has 1 atom stereocenters. The monoisotopic (exact) mass is 502 g/mol. The second-order valence-corrected chi connectivity index (χ2v) is 10.0. The van der Waals surface area contributed by atoms with Gasteiger partial charge in [-0.1, -0.05) is 18.9 Å². The van der Waals surface area contributed by atoms with Crippen LogP contribution in [0.3, 0.4) is 0 Å². The van der Waals surface area contributed by atoms with E-state index in [0.717, 1.165) is 44.7 Å². The Labute approximate surface area is 210 Å². The molecular weight excluding hydrogens is 468 g/mol. The van der Waals surface area contributed by atoms with Gasteiger partial charge in [0.05, 0.1) is 17.6 Å². The van der Waals surface area contributed by atoms with Crippen molar-refractivity contribution in [2.45, 2.75) is 62.5 Å². The van der Waals surface area contributed by atoms with E-state index in [2.05, 4.69) is 22.8 Å². The summed E-state index contributed by atoms with van der Waals surface area (Å²) >= 11 is 1.75. The average Bonchev–Trinajstić information content (AvgIpc) is 3.51. The first-order chi connectivity index (χ1) is 16.9. The lowest BCUT2D eigenvalue weighted by atomic mass is 9.68. The van der Waals surface area contributed by atoms with Crippen molar-refractivity contribution in [1.29, 1.82) is 0 Å². The lowest BCUT2D eigenvalue weighted by molar-refractivity contribution is -0.134. The van der Waals surface area contributed by atoms with Crippen LogP contribution in [0, 0.1) is 0 Å². The van der Waals surface area contributed by atoms with Gasteiger partial charge in [-0.15, -0.1) is 11.3 Å². The molecule has 2 fully saturated rings. The molecule has 0 amide bonds. The molecule has 0 radical (unpaired) electrons. The molecular formula is C26H34N2O6S. The maximum atomic E-state index is 9.55. The molecule has 9 heteroatoms. The van der Waals surface area contributed by atoms with E-state index in [9.17, 15) is 9.59 Å². The highest BCUT2D eigenvalue weighted by Crippen LogP contribution is 2.49. The number of carbonyl (C=O) groups is 2. The summed E-state index contributed by atoms with van der Waals surface area (Å²) in [6.45, 7) is 2.70. The first-order valence-corrected chi connectivity index (χ1v) is 12.8. The van der Waals surface area contributed by atoms with Crippen LogP contribution in [-0.2, 0) is 26.3 Å². The van der Waals surface area contributed by atoms with Crippen LogP contribution in [0.1, 0.15) is 55.5 Å². The van der Waals surface area contributed by atoms with E-state index >= 15 is 0 Å². The first kappa shape index (κ1) is 26.8. The number of aliphatic carboxylic acids is 2. The fourth-order valence-corrected chi connectivity index (χ4v) is 5.92. The molecule has 3 heterocycles. The van der Waals surface area contributed by atoms with E-state index in [1.165, 1.54) is 36.3 Å². The van der Waals surface area contributed by atoms with Crippen molar-refractivity contribution in [3.63, 3.8) is 0 Å². The number of methoxy groups -OCH3 is 1. The zero-order valence-electron chi connectivity index (χ0n) is 20.1. The maximum absolute atomic E-state index is 9.55. The van der Waals surface area contributed by atoms with Crippen LogP contribution >= 0.6 is 11.3 Å². The van der Waals surface area contributed by atoms with Gasteiger partial charge in [-0.2, -0.15) is 0 Å². The Morgan fingerprint density at radius 1 is 1.17 bits per heavy atom. The Morgan fingerprint density at radius 2 is 1.91 bits per heavy atom. The number of carboxylic acid groups (broad SMARTS) is 2. The molecule has 8 nitrogen and oxygen atoms in total. The Bertz CT molecular complexity index is 971. The molecule has 0 bridgehead atoms. The van der Waals surface area contributed by atoms with E-state index in [-0.39, 0.29) is 11.0 Å². The Balaban J connectivity index is 0.000000371. The second kappa shape index (κ2) is 12.8. The molecule has 4 rings (SSSR count). The minimum absolute atomic E-state index is 0.0900. The van der Waals surface area contributed by atoms with Crippen LogP contribution in [0.5, 0.6) is 5.75 Å². The number of pyridine rings is 1. The van der Waals surface area contributed by atoms with E-state index in [1.54, 1.807) is 18.4 Å². The van der Waals surface area contributed by atoms with Gasteiger partial charge in [0.25, 0.3) is 0 Å². The van der Waals surface area contributed by atoms with Crippen LogP contribution in [-0.4, -0.2) is 53.0 Å². The van der Waals surface area contributed by atoms with Crippen LogP contribution in [0.15, 0.2) is 48.0 Å². The van der Waals surface area contributed by atoms with Gasteiger partial charge < -0.3 is 25.0 Å². The smallest absolute Gasteiger partial charge is 0.328 e. The molecule has 1 spiro atoms. The lowest BCUT2D eigenvalue weighted by Crippen LogP contribution is -2.47. The molecule has 190 valence electrons. The van der Waals surface area contributed by atoms with Crippen molar-refractivity contribution < 1.29 is 29.3 Å². The van der Waals surface area contributed by atoms with E-state index < -0.39 is 11.9 Å². The third-order valence-corrected chi connectivity index (χ3v) is 7.63. The summed E-state index contributed by atoms with van der Waals surface area (Å²) in [5.41, 5.74) is 1.46. The van der Waals surface area contributed by atoms with Gasteiger partial charge in [-0.3, -0.25) is 4.98 Å². The van der Waals surface area contributed by atoms with Gasteiger partial charge in [-0.25, -0.2) is 9.59 Å². The standard InChI is InChI=1S/C22H30N2O2S.C4H4O4/c1-25-18-7-15-27-19(18)16-23-13-10-21(20-6-2-5-12-24-20)11-14-26-22(17-21)8-3-4-9-22;5-3(6)1-2-4(7)8/h2,5-7,12,15,23H,3-4,8-11,13-14,16-17H2,1H3;1-2H,(H,5,6)(H,7,8)/t21-;/m1./s1. The van der Waals surface area contributed by atoms with Crippen molar-refractivity contribution in [2.75, 3.05) is 20.3 Å². The highest BCUT2D eigenvalue weighted by molar-refractivity contribution is 7.10. The SMILES string of the molecule is COc1ccsc1CNCC[C@@]1(c2ccccn2)CCOC2(CCCC2)C1.O=C(O)C=CC(=O)O. The van der Waals surface area contributed by atoms with Crippen LogP contribution in [0.25, 0.3) is 0 Å². The third-order valence-electron chi connectivity index (χ3n) is 6.73. The van der Waals surface area contributed by atoms with Crippen molar-refractivity contribution >= 4 is 23.3 Å². The summed E-state index contributed by atoms with van der Waals surface area (Å²) in [6, 6.07) is 8.41. The van der Waals surface area contributed by atoms with Gasteiger partial charge in [0.1, 0.15) is 5.75 Å². The zero-order valence-corrected chi connectivity index (χ0v) is 20.9. The summed E-state index contributed by atoms with van der Waals surface area (Å²) in [5.74, 6) is -1.53. The van der Waals surface area contributed by atoms with E-state index in [0.29, 0.717) is 12.2 Å². The Morgan fingerprint density at radius 3 is 2.54 bits per heavy atom. The maximum Gasteiger partial charge on any atom is 0.328 e. The van der Waals surface area contributed by atoms with E-state index in [1.807, 2.05) is 18.3 Å². The minimum atomic E-state index is -1.26. The Hall–Kier alpha value is -2.75. The molecule has 0 unspecified atom stereocenters. The highest BCUT2D eigenvalue weighted by atomic mass is 32.1. The van der Waals surface area contributed by atoms with Gasteiger partial charge in [0.2, 0.25) is 0 Å². The number of thiophene rings is 1. The fourth-order valence-electron chi connectivity index (χ4n) is 5.11. The number of nitrogens with one attached hydrogen (secondary N) is 1. The summed E-state index contributed by atoms with van der Waals surface area (Å²) in [6.07, 6.45) is 11.4. The van der Waals surface area contributed by atoms with Crippen molar-refractivity contribution in [3.8, 4) is 5.75 Å². The number of hydrogen-bond donors (Lipinski definition) is 3. The second-order valence-electron chi connectivity index (χ2n) is 9.01. The van der Waals surface area contributed by atoms with Gasteiger partial charge in [-0.05, 0) is 62.2 Å². The van der Waals surface area contributed by atoms with Crippen molar-refractivity contribution in [2.24, 2.45) is 0 Å². The predicted molar refractivity (Wildman–Crippen MR) is 134 cm³/mol. The summed E-state index contributed by atoms with van der Waals surface area (Å²) in [4.78, 5) is 25.2. The highest BCUT2D eigenvalue weighted by Gasteiger charge is 2.48. The first-order valence-electron chi connectivity index (χ1n) is 11.9. The van der Waals surface area contributed by atoms with Crippen molar-refractivity contribution in [3.05, 3.63) is 58.6 Å². The predicted octanol–water partition coefficient (Wildman–Crippen LogP) is 4.40. The summed E-state index contributed by atoms with van der Waals surface area (Å²) in [7, 11) is 1.74. The zero-order chi connectivity index (χ0) is 25.2. The molecule has 0 aromatic carbocycles. The molecule has 1 aliphatic carbocycles. The number of hydrogen-bond acceptors (Lipinski definition) is 7. The molecule has 1 saturated heterocycles. The Kier molecular flexibility index (Phi) is 9.83. The number of nitrogens with zero attached hydrogens (tertiary/aromatic N) is 1. The number of aromatic nitrogens is 1. The topological polar surface area (TPSA) is 118 Å². The molecule has 2 aromatic rings. The normalized spacial score (nSPS) is 20.9. The van der Waals surface area contributed by atoms with Crippen LogP contribution in [0.4, 0.5) is 0 Å². The number of ether oxygens (including phenoxy) is 2. The van der Waals surface area contributed by atoms with E-state index in [4.69, 9.17) is 24.7 Å². The molecule has 1 aliphatic heterocycles.